The summed E-state index contributed by atoms with van der Waals surface area (Å²) in [5.41, 5.74) is 1.08. The maximum absolute atomic E-state index is 13.8. The van der Waals surface area contributed by atoms with Gasteiger partial charge in [0.25, 0.3) is 11.6 Å². The molecule has 0 aliphatic carbocycles. The number of fused-ring (bicyclic) bond motifs is 1. The van der Waals surface area contributed by atoms with E-state index >= 15 is 0 Å². The molecular formula is C22H15FN4O4S2. The molecular weight excluding hydrogens is 467 g/mol. The zero-order chi connectivity index (χ0) is 23.4. The van der Waals surface area contributed by atoms with Crippen molar-refractivity contribution in [3.63, 3.8) is 0 Å². The number of para-hydroxylation sites is 2. The van der Waals surface area contributed by atoms with Crippen molar-refractivity contribution in [3.05, 3.63) is 88.2 Å². The fraction of sp³-hybridized carbons (Fsp3) is 0.0455. The van der Waals surface area contributed by atoms with Crippen LogP contribution in [0.15, 0.2) is 71.1 Å². The quantitative estimate of drug-likeness (QED) is 0.209. The number of carbonyl (C=O) groups is 2. The topological polar surface area (TPSA) is 114 Å². The van der Waals surface area contributed by atoms with Crippen molar-refractivity contribution in [2.45, 2.75) is 4.34 Å². The standard InChI is InChI=1S/C22H15FN4O4S2/c23-15-6-2-1-5-14(15)21(29)24-13-9-10-17-19(11-13)33-22(26-17)32-12-20(28)25-16-7-3-4-8-18(16)27(30)31/h1-11H,12H2,(H,24,29)(H,25,28). The minimum absolute atomic E-state index is 0.0166. The number of carbonyl (C=O) groups excluding carboxylic acids is 2. The lowest BCUT2D eigenvalue weighted by Crippen LogP contribution is -2.15. The van der Waals surface area contributed by atoms with Gasteiger partial charge in [-0.15, -0.1) is 11.3 Å². The molecule has 0 atom stereocenters. The molecule has 1 aromatic heterocycles. The van der Waals surface area contributed by atoms with Gasteiger partial charge in [0.15, 0.2) is 4.34 Å². The number of nitrogens with one attached hydrogen (secondary N) is 2. The van der Waals surface area contributed by atoms with Gasteiger partial charge in [-0.3, -0.25) is 19.7 Å². The SMILES string of the molecule is O=C(CSc1nc2ccc(NC(=O)c3ccccc3F)cc2s1)Nc1ccccc1[N+](=O)[O-]. The number of aromatic nitrogens is 1. The van der Waals surface area contributed by atoms with Crippen LogP contribution >= 0.6 is 23.1 Å². The van der Waals surface area contributed by atoms with Crippen LogP contribution in [0.5, 0.6) is 0 Å². The van der Waals surface area contributed by atoms with Crippen LogP contribution < -0.4 is 10.6 Å². The average Bonchev–Trinajstić information content (AvgIpc) is 3.20. The molecule has 0 aliphatic heterocycles. The van der Waals surface area contributed by atoms with E-state index in [-0.39, 0.29) is 22.7 Å². The number of hydrogen-bond acceptors (Lipinski definition) is 7. The predicted octanol–water partition coefficient (Wildman–Crippen LogP) is 5.33. The van der Waals surface area contributed by atoms with Crippen molar-refractivity contribution in [2.75, 3.05) is 16.4 Å². The minimum atomic E-state index is -0.605. The summed E-state index contributed by atoms with van der Waals surface area (Å²) in [6.07, 6.45) is 0. The number of anilines is 2. The Balaban J connectivity index is 1.40. The summed E-state index contributed by atoms with van der Waals surface area (Å²) in [5.74, 6) is -1.54. The first kappa shape index (κ1) is 22.4. The molecule has 166 valence electrons. The van der Waals surface area contributed by atoms with Gasteiger partial charge < -0.3 is 10.6 Å². The highest BCUT2D eigenvalue weighted by atomic mass is 32.2. The van der Waals surface area contributed by atoms with Crippen molar-refractivity contribution in [3.8, 4) is 0 Å². The van der Waals surface area contributed by atoms with Crippen LogP contribution in [0.3, 0.4) is 0 Å². The van der Waals surface area contributed by atoms with Crippen molar-refractivity contribution < 1.29 is 18.9 Å². The van der Waals surface area contributed by atoms with Crippen LogP contribution in [-0.2, 0) is 4.79 Å². The van der Waals surface area contributed by atoms with Crippen LogP contribution in [0, 0.1) is 15.9 Å². The van der Waals surface area contributed by atoms with Crippen LogP contribution in [0.4, 0.5) is 21.5 Å². The van der Waals surface area contributed by atoms with E-state index in [0.717, 1.165) is 4.70 Å². The molecule has 3 aromatic carbocycles. The number of benzene rings is 3. The second-order valence-electron chi connectivity index (χ2n) is 6.71. The highest BCUT2D eigenvalue weighted by Gasteiger charge is 2.16. The molecule has 0 fully saturated rings. The zero-order valence-corrected chi connectivity index (χ0v) is 18.4. The molecule has 0 aliphatic rings. The molecule has 0 saturated carbocycles. The second-order valence-corrected chi connectivity index (χ2v) is 8.96. The van der Waals surface area contributed by atoms with Crippen molar-refractivity contribution in [1.82, 2.24) is 4.98 Å². The monoisotopic (exact) mass is 482 g/mol. The molecule has 0 unspecified atom stereocenters. The number of rotatable bonds is 7. The van der Waals surface area contributed by atoms with E-state index < -0.39 is 22.6 Å². The van der Waals surface area contributed by atoms with Gasteiger partial charge in [0.2, 0.25) is 5.91 Å². The van der Waals surface area contributed by atoms with Crippen molar-refractivity contribution >= 4 is 62.2 Å². The van der Waals surface area contributed by atoms with Gasteiger partial charge in [-0.1, -0.05) is 36.0 Å². The van der Waals surface area contributed by atoms with E-state index in [1.54, 1.807) is 30.3 Å². The first-order valence-corrected chi connectivity index (χ1v) is 11.3. The van der Waals surface area contributed by atoms with Gasteiger partial charge in [0.05, 0.1) is 26.5 Å². The molecule has 0 bridgehead atoms. The second kappa shape index (κ2) is 9.76. The van der Waals surface area contributed by atoms with Gasteiger partial charge in [-0.25, -0.2) is 9.37 Å². The number of amides is 2. The largest absolute Gasteiger partial charge is 0.322 e. The van der Waals surface area contributed by atoms with Crippen molar-refractivity contribution in [1.29, 1.82) is 0 Å². The maximum Gasteiger partial charge on any atom is 0.292 e. The van der Waals surface area contributed by atoms with E-state index in [1.165, 1.54) is 59.5 Å². The van der Waals surface area contributed by atoms with E-state index in [4.69, 9.17) is 0 Å². The number of thioether (sulfide) groups is 1. The number of thiazole rings is 1. The maximum atomic E-state index is 13.8. The van der Waals surface area contributed by atoms with Crippen LogP contribution in [0.2, 0.25) is 0 Å². The van der Waals surface area contributed by atoms with Gasteiger partial charge in [-0.2, -0.15) is 0 Å². The van der Waals surface area contributed by atoms with E-state index in [0.29, 0.717) is 15.5 Å². The van der Waals surface area contributed by atoms with Crippen LogP contribution in [0.1, 0.15) is 10.4 Å². The Morgan fingerprint density at radius 2 is 1.82 bits per heavy atom. The summed E-state index contributed by atoms with van der Waals surface area (Å²) in [4.78, 5) is 39.5. The van der Waals surface area contributed by atoms with Crippen LogP contribution in [-0.4, -0.2) is 27.5 Å². The van der Waals surface area contributed by atoms with Crippen molar-refractivity contribution in [2.24, 2.45) is 0 Å². The zero-order valence-electron chi connectivity index (χ0n) is 16.8. The molecule has 0 spiro atoms. The summed E-state index contributed by atoms with van der Waals surface area (Å²) < 4.78 is 15.2. The summed E-state index contributed by atoms with van der Waals surface area (Å²) in [7, 11) is 0. The Hall–Kier alpha value is -3.83. The molecule has 0 radical (unpaired) electrons. The molecule has 1 heterocycles. The highest BCUT2D eigenvalue weighted by Crippen LogP contribution is 2.32. The van der Waals surface area contributed by atoms with Gasteiger partial charge >= 0.3 is 0 Å². The third-order valence-corrected chi connectivity index (χ3v) is 6.61. The molecule has 11 heteroatoms. The molecule has 8 nitrogen and oxygen atoms in total. The van der Waals surface area contributed by atoms with E-state index in [9.17, 15) is 24.1 Å². The Kier molecular flexibility index (Phi) is 6.61. The van der Waals surface area contributed by atoms with E-state index in [2.05, 4.69) is 15.6 Å². The van der Waals surface area contributed by atoms with Crippen LogP contribution in [0.25, 0.3) is 10.2 Å². The lowest BCUT2D eigenvalue weighted by molar-refractivity contribution is -0.383. The number of nitrogens with zero attached hydrogens (tertiary/aromatic N) is 2. The first-order valence-electron chi connectivity index (χ1n) is 9.53. The molecule has 33 heavy (non-hydrogen) atoms. The predicted molar refractivity (Wildman–Crippen MR) is 126 cm³/mol. The lowest BCUT2D eigenvalue weighted by atomic mass is 10.2. The summed E-state index contributed by atoms with van der Waals surface area (Å²) in [6, 6.07) is 16.7. The molecule has 2 amide bonds. The minimum Gasteiger partial charge on any atom is -0.322 e. The summed E-state index contributed by atoms with van der Waals surface area (Å²) in [5, 5.41) is 16.3. The Labute approximate surface area is 195 Å². The normalized spacial score (nSPS) is 10.7. The molecule has 4 rings (SSSR count). The third-order valence-electron chi connectivity index (χ3n) is 4.45. The lowest BCUT2D eigenvalue weighted by Gasteiger charge is -2.05. The Morgan fingerprint density at radius 3 is 2.61 bits per heavy atom. The Bertz CT molecular complexity index is 1380. The number of hydrogen-bond donors (Lipinski definition) is 2. The highest BCUT2D eigenvalue weighted by molar-refractivity contribution is 8.01. The fourth-order valence-corrected chi connectivity index (χ4v) is 4.85. The summed E-state index contributed by atoms with van der Waals surface area (Å²) in [6.45, 7) is 0. The molecule has 4 aromatic rings. The van der Waals surface area contributed by atoms with Gasteiger partial charge in [0.1, 0.15) is 11.5 Å². The fourth-order valence-electron chi connectivity index (χ4n) is 2.94. The number of nitro groups is 1. The molecule has 0 saturated heterocycles. The number of halogens is 1. The first-order chi connectivity index (χ1) is 15.9. The number of nitro benzene ring substituents is 1. The van der Waals surface area contributed by atoms with Gasteiger partial charge in [-0.05, 0) is 36.4 Å². The molecule has 2 N–H and O–H groups in total. The van der Waals surface area contributed by atoms with Gasteiger partial charge in [0, 0.05) is 11.8 Å². The van der Waals surface area contributed by atoms with E-state index in [1.807, 2.05) is 0 Å². The smallest absolute Gasteiger partial charge is 0.292 e. The summed E-state index contributed by atoms with van der Waals surface area (Å²) >= 11 is 2.53. The Morgan fingerprint density at radius 1 is 1.06 bits per heavy atom. The average molecular weight is 483 g/mol. The third kappa shape index (κ3) is 5.33.